The quantitative estimate of drug-likeness (QED) is 0.523. The van der Waals surface area contributed by atoms with Crippen LogP contribution in [-0.4, -0.2) is 4.92 Å². The van der Waals surface area contributed by atoms with Crippen LogP contribution in [0.1, 0.15) is 0 Å². The van der Waals surface area contributed by atoms with Crippen LogP contribution in [0.3, 0.4) is 0 Å². The van der Waals surface area contributed by atoms with Gasteiger partial charge in [0.15, 0.2) is 0 Å². The standard InChI is InChI=1S/C12H9FN2O2S/c13-8-1-3-9(4-2-8)18-10-5-6-12(15(16)17)11(14)7-10/h1-7H,14H2. The maximum Gasteiger partial charge on any atom is 0.292 e. The molecule has 2 N–H and O–H groups in total. The predicted molar refractivity (Wildman–Crippen MR) is 68.0 cm³/mol. The Hall–Kier alpha value is -2.08. The molecule has 2 rings (SSSR count). The van der Waals surface area contributed by atoms with Crippen LogP contribution in [0.4, 0.5) is 15.8 Å². The molecule has 0 aliphatic heterocycles. The molecular weight excluding hydrogens is 255 g/mol. The van der Waals surface area contributed by atoms with Crippen LogP contribution >= 0.6 is 11.8 Å². The van der Waals surface area contributed by atoms with E-state index in [2.05, 4.69) is 0 Å². The van der Waals surface area contributed by atoms with E-state index < -0.39 is 4.92 Å². The molecule has 0 radical (unpaired) electrons. The average molecular weight is 264 g/mol. The number of nitrogen functional groups attached to an aromatic ring is 1. The molecular formula is C12H9FN2O2S. The summed E-state index contributed by atoms with van der Waals surface area (Å²) < 4.78 is 12.7. The topological polar surface area (TPSA) is 69.2 Å². The van der Waals surface area contributed by atoms with Crippen LogP contribution in [0, 0.1) is 15.9 Å². The van der Waals surface area contributed by atoms with Crippen molar-refractivity contribution >= 4 is 23.1 Å². The van der Waals surface area contributed by atoms with Crippen molar-refractivity contribution in [3.8, 4) is 0 Å². The number of nitrogens with two attached hydrogens (primary N) is 1. The molecule has 0 amide bonds. The monoisotopic (exact) mass is 264 g/mol. The zero-order valence-corrected chi connectivity index (χ0v) is 9.99. The molecule has 4 nitrogen and oxygen atoms in total. The van der Waals surface area contributed by atoms with Gasteiger partial charge in [0.2, 0.25) is 0 Å². The van der Waals surface area contributed by atoms with Crippen molar-refractivity contribution in [2.24, 2.45) is 0 Å². The molecule has 0 bridgehead atoms. The summed E-state index contributed by atoms with van der Waals surface area (Å²) in [5.74, 6) is -0.303. The lowest BCUT2D eigenvalue weighted by molar-refractivity contribution is -0.383. The van der Waals surface area contributed by atoms with E-state index in [0.717, 1.165) is 9.79 Å². The molecule has 0 fully saturated rings. The van der Waals surface area contributed by atoms with Crippen molar-refractivity contribution in [1.82, 2.24) is 0 Å². The minimum absolute atomic E-state index is 0.113. The Morgan fingerprint density at radius 2 is 1.72 bits per heavy atom. The third kappa shape index (κ3) is 2.78. The van der Waals surface area contributed by atoms with Gasteiger partial charge in [-0.1, -0.05) is 11.8 Å². The SMILES string of the molecule is Nc1cc(Sc2ccc(F)cc2)ccc1[N+](=O)[O-]. The van der Waals surface area contributed by atoms with Crippen LogP contribution < -0.4 is 5.73 Å². The molecule has 0 aliphatic carbocycles. The van der Waals surface area contributed by atoms with Gasteiger partial charge in [-0.3, -0.25) is 10.1 Å². The summed E-state index contributed by atoms with van der Waals surface area (Å²) in [6.07, 6.45) is 0. The molecule has 2 aromatic rings. The van der Waals surface area contributed by atoms with E-state index in [1.165, 1.54) is 36.0 Å². The second-order valence-electron chi connectivity index (χ2n) is 3.53. The zero-order chi connectivity index (χ0) is 13.1. The number of nitro benzene ring substituents is 1. The fourth-order valence-electron chi connectivity index (χ4n) is 1.40. The first kappa shape index (κ1) is 12.4. The summed E-state index contributed by atoms with van der Waals surface area (Å²) in [5.41, 5.74) is 5.59. The van der Waals surface area contributed by atoms with Crippen molar-refractivity contribution in [1.29, 1.82) is 0 Å². The number of anilines is 1. The Morgan fingerprint density at radius 1 is 1.11 bits per heavy atom. The molecule has 0 aromatic heterocycles. The summed E-state index contributed by atoms with van der Waals surface area (Å²) in [5, 5.41) is 10.6. The van der Waals surface area contributed by atoms with Crippen LogP contribution in [-0.2, 0) is 0 Å². The van der Waals surface area contributed by atoms with Crippen molar-refractivity contribution in [2.75, 3.05) is 5.73 Å². The maximum absolute atomic E-state index is 12.7. The molecule has 18 heavy (non-hydrogen) atoms. The molecule has 92 valence electrons. The van der Waals surface area contributed by atoms with Crippen LogP contribution in [0.5, 0.6) is 0 Å². The van der Waals surface area contributed by atoms with E-state index in [1.54, 1.807) is 18.2 Å². The Bertz CT molecular complexity index is 587. The number of hydrogen-bond acceptors (Lipinski definition) is 4. The molecule has 6 heteroatoms. The highest BCUT2D eigenvalue weighted by molar-refractivity contribution is 7.99. The van der Waals surface area contributed by atoms with Crippen molar-refractivity contribution in [3.63, 3.8) is 0 Å². The Labute approximate surface area is 107 Å². The Morgan fingerprint density at radius 3 is 2.28 bits per heavy atom. The summed E-state index contributed by atoms with van der Waals surface area (Å²) in [4.78, 5) is 11.7. The van der Waals surface area contributed by atoms with Gasteiger partial charge in [0.05, 0.1) is 4.92 Å². The lowest BCUT2D eigenvalue weighted by Crippen LogP contribution is -1.95. The Balaban J connectivity index is 2.22. The van der Waals surface area contributed by atoms with Gasteiger partial charge in [-0.25, -0.2) is 4.39 Å². The van der Waals surface area contributed by atoms with E-state index in [-0.39, 0.29) is 17.2 Å². The van der Waals surface area contributed by atoms with Crippen molar-refractivity contribution in [3.05, 3.63) is 58.4 Å². The first-order chi connectivity index (χ1) is 8.56. The number of hydrogen-bond donors (Lipinski definition) is 1. The van der Waals surface area contributed by atoms with Gasteiger partial charge in [-0.2, -0.15) is 0 Å². The number of nitro groups is 1. The van der Waals surface area contributed by atoms with Crippen LogP contribution in [0.2, 0.25) is 0 Å². The highest BCUT2D eigenvalue weighted by Crippen LogP contribution is 2.32. The van der Waals surface area contributed by atoms with Gasteiger partial charge >= 0.3 is 0 Å². The smallest absolute Gasteiger partial charge is 0.292 e. The summed E-state index contributed by atoms with van der Waals surface area (Å²) in [6.45, 7) is 0. The van der Waals surface area contributed by atoms with E-state index in [1.807, 2.05) is 0 Å². The van der Waals surface area contributed by atoms with E-state index in [9.17, 15) is 14.5 Å². The molecule has 0 aliphatic rings. The first-order valence-electron chi connectivity index (χ1n) is 5.03. The summed E-state index contributed by atoms with van der Waals surface area (Å²) in [6, 6.07) is 10.5. The summed E-state index contributed by atoms with van der Waals surface area (Å²) in [7, 11) is 0. The van der Waals surface area contributed by atoms with Gasteiger partial charge in [0.1, 0.15) is 11.5 Å². The van der Waals surface area contributed by atoms with Gasteiger partial charge < -0.3 is 5.73 Å². The van der Waals surface area contributed by atoms with Gasteiger partial charge in [0, 0.05) is 15.9 Å². The fourth-order valence-corrected chi connectivity index (χ4v) is 2.27. The fraction of sp³-hybridized carbons (Fsp3) is 0. The number of benzene rings is 2. The molecule has 0 spiro atoms. The van der Waals surface area contributed by atoms with Gasteiger partial charge in [-0.05, 0) is 36.4 Å². The Kier molecular flexibility index (Phi) is 3.47. The average Bonchev–Trinajstić information content (AvgIpc) is 2.32. The third-order valence-corrected chi connectivity index (χ3v) is 3.24. The van der Waals surface area contributed by atoms with Gasteiger partial charge in [0.25, 0.3) is 5.69 Å². The van der Waals surface area contributed by atoms with Crippen molar-refractivity contribution < 1.29 is 9.31 Å². The third-order valence-electron chi connectivity index (χ3n) is 2.25. The maximum atomic E-state index is 12.7. The molecule has 0 unspecified atom stereocenters. The van der Waals surface area contributed by atoms with Gasteiger partial charge in [-0.15, -0.1) is 0 Å². The van der Waals surface area contributed by atoms with Crippen LogP contribution in [0.15, 0.2) is 52.3 Å². The number of halogens is 1. The minimum atomic E-state index is -0.526. The van der Waals surface area contributed by atoms with Crippen molar-refractivity contribution in [2.45, 2.75) is 9.79 Å². The number of rotatable bonds is 3. The second kappa shape index (κ2) is 5.05. The largest absolute Gasteiger partial charge is 0.393 e. The molecule has 0 heterocycles. The highest BCUT2D eigenvalue weighted by atomic mass is 32.2. The summed E-state index contributed by atoms with van der Waals surface area (Å²) >= 11 is 1.36. The highest BCUT2D eigenvalue weighted by Gasteiger charge is 2.11. The van der Waals surface area contributed by atoms with E-state index >= 15 is 0 Å². The van der Waals surface area contributed by atoms with Crippen LogP contribution in [0.25, 0.3) is 0 Å². The van der Waals surface area contributed by atoms with E-state index in [0.29, 0.717) is 0 Å². The lowest BCUT2D eigenvalue weighted by Gasteiger charge is -2.03. The normalized spacial score (nSPS) is 10.3. The molecule has 2 aromatic carbocycles. The lowest BCUT2D eigenvalue weighted by atomic mass is 10.3. The molecule has 0 atom stereocenters. The second-order valence-corrected chi connectivity index (χ2v) is 4.68. The minimum Gasteiger partial charge on any atom is -0.393 e. The molecule has 0 saturated carbocycles. The number of nitrogens with zero attached hydrogens (tertiary/aromatic N) is 1. The molecule has 0 saturated heterocycles. The van der Waals surface area contributed by atoms with E-state index in [4.69, 9.17) is 5.73 Å². The zero-order valence-electron chi connectivity index (χ0n) is 9.17. The predicted octanol–water partition coefficient (Wildman–Crippen LogP) is 3.47. The first-order valence-corrected chi connectivity index (χ1v) is 5.85.